The molecule has 196 valence electrons. The van der Waals surface area contributed by atoms with Gasteiger partial charge in [0.15, 0.2) is 0 Å². The fourth-order valence-corrected chi connectivity index (χ4v) is 7.38. The first-order valence-electron chi connectivity index (χ1n) is 13.7. The molecular weight excluding hydrogens is 472 g/mol. The molecule has 36 heavy (non-hydrogen) atoms. The van der Waals surface area contributed by atoms with Crippen molar-refractivity contribution in [3.05, 3.63) is 42.6 Å². The topological polar surface area (TPSA) is 81.7 Å². The maximum atomic E-state index is 13.0. The van der Waals surface area contributed by atoms with Crippen molar-refractivity contribution >= 4 is 21.8 Å². The summed E-state index contributed by atoms with van der Waals surface area (Å²) in [6, 6.07) is 11.6. The van der Waals surface area contributed by atoms with E-state index in [0.717, 1.165) is 57.2 Å². The molecule has 3 saturated heterocycles. The second kappa shape index (κ2) is 11.9. The van der Waals surface area contributed by atoms with Crippen molar-refractivity contribution in [3.63, 3.8) is 0 Å². The van der Waals surface area contributed by atoms with E-state index in [9.17, 15) is 8.42 Å². The normalized spacial score (nSPS) is 23.7. The fraction of sp³-hybridized carbons (Fsp3) is 0.630. The number of hydrogen-bond donors (Lipinski definition) is 1. The lowest BCUT2D eigenvalue weighted by Gasteiger charge is -2.38. The summed E-state index contributed by atoms with van der Waals surface area (Å²) in [5, 5.41) is 3.64. The monoisotopic (exact) mass is 512 g/mol. The molecular formula is C27H40N6O2S. The van der Waals surface area contributed by atoms with Gasteiger partial charge in [-0.2, -0.15) is 9.29 Å². The quantitative estimate of drug-likeness (QED) is 0.627. The van der Waals surface area contributed by atoms with Gasteiger partial charge in [0.2, 0.25) is 16.0 Å². The molecule has 3 fully saturated rings. The molecule has 0 spiro atoms. The number of aromatic nitrogens is 2. The summed E-state index contributed by atoms with van der Waals surface area (Å²) >= 11 is 0. The zero-order valence-electron chi connectivity index (χ0n) is 21.3. The van der Waals surface area contributed by atoms with Crippen LogP contribution in [0.25, 0.3) is 0 Å². The van der Waals surface area contributed by atoms with E-state index in [0.29, 0.717) is 30.1 Å². The van der Waals surface area contributed by atoms with Crippen LogP contribution < -0.4 is 10.2 Å². The smallest absolute Gasteiger partial charge is 0.243 e. The Hall–Kier alpha value is -2.23. The third kappa shape index (κ3) is 6.18. The number of likely N-dealkylation sites (tertiary alicyclic amines) is 1. The van der Waals surface area contributed by atoms with Crippen molar-refractivity contribution in [1.29, 1.82) is 0 Å². The largest absolute Gasteiger partial charge is 0.356 e. The van der Waals surface area contributed by atoms with Crippen LogP contribution in [-0.2, 0) is 10.0 Å². The third-order valence-electron chi connectivity index (χ3n) is 7.93. The lowest BCUT2D eigenvalue weighted by Crippen LogP contribution is -2.49. The molecule has 0 aliphatic carbocycles. The van der Waals surface area contributed by atoms with Crippen LogP contribution in [0.3, 0.4) is 0 Å². The molecule has 0 saturated carbocycles. The standard InChI is InChI=1S/C27H40N6O2S/c34-36(35,25-11-4-3-5-12-25)33-20-14-24(15-21-33)32-19-9-6-10-23(22-32)29-27-28-16-13-26(30-27)31-17-7-1-2-8-18-31/h3-5,11-13,16,23-24H,1-2,6-10,14-15,17-22H2,(H,28,29,30). The van der Waals surface area contributed by atoms with Gasteiger partial charge in [0, 0.05) is 51.0 Å². The van der Waals surface area contributed by atoms with Crippen molar-refractivity contribution in [2.45, 2.75) is 74.8 Å². The van der Waals surface area contributed by atoms with Crippen molar-refractivity contribution < 1.29 is 8.42 Å². The minimum Gasteiger partial charge on any atom is -0.356 e. The lowest BCUT2D eigenvalue weighted by molar-refractivity contribution is 0.140. The molecule has 9 heteroatoms. The molecule has 3 aliphatic heterocycles. The van der Waals surface area contributed by atoms with Gasteiger partial charge in [-0.25, -0.2) is 13.4 Å². The van der Waals surface area contributed by atoms with Crippen molar-refractivity contribution in [2.24, 2.45) is 0 Å². The van der Waals surface area contributed by atoms with Gasteiger partial charge in [-0.3, -0.25) is 4.90 Å². The summed E-state index contributed by atoms with van der Waals surface area (Å²) in [6.45, 7) is 5.34. The summed E-state index contributed by atoms with van der Waals surface area (Å²) in [6.07, 6.45) is 12.2. The Bertz CT molecular complexity index is 1070. The van der Waals surface area contributed by atoms with Crippen LogP contribution in [0.4, 0.5) is 11.8 Å². The van der Waals surface area contributed by atoms with E-state index in [-0.39, 0.29) is 0 Å². The molecule has 2 aromatic rings. The number of piperidine rings is 1. The second-order valence-corrected chi connectivity index (χ2v) is 12.4. The summed E-state index contributed by atoms with van der Waals surface area (Å²) in [7, 11) is -3.41. The Morgan fingerprint density at radius 3 is 2.28 bits per heavy atom. The first-order valence-corrected chi connectivity index (χ1v) is 15.2. The van der Waals surface area contributed by atoms with Gasteiger partial charge in [0.25, 0.3) is 0 Å². The van der Waals surface area contributed by atoms with E-state index in [1.165, 1.54) is 38.5 Å². The van der Waals surface area contributed by atoms with E-state index in [1.54, 1.807) is 28.6 Å². The van der Waals surface area contributed by atoms with Crippen LogP contribution in [0.2, 0.25) is 0 Å². The molecule has 1 unspecified atom stereocenters. The number of nitrogens with one attached hydrogen (secondary N) is 1. The van der Waals surface area contributed by atoms with E-state index in [1.807, 2.05) is 18.3 Å². The summed E-state index contributed by atoms with van der Waals surface area (Å²) < 4.78 is 27.7. The Balaban J connectivity index is 1.18. The molecule has 0 radical (unpaired) electrons. The van der Waals surface area contributed by atoms with Gasteiger partial charge in [-0.15, -0.1) is 0 Å². The Labute approximate surface area is 216 Å². The molecule has 4 heterocycles. The number of anilines is 2. The van der Waals surface area contributed by atoms with Crippen LogP contribution in [0, 0.1) is 0 Å². The maximum Gasteiger partial charge on any atom is 0.243 e. The third-order valence-corrected chi connectivity index (χ3v) is 9.84. The predicted octanol–water partition coefficient (Wildman–Crippen LogP) is 3.98. The van der Waals surface area contributed by atoms with Crippen molar-refractivity contribution in [3.8, 4) is 0 Å². The van der Waals surface area contributed by atoms with Crippen molar-refractivity contribution in [1.82, 2.24) is 19.2 Å². The minimum atomic E-state index is -3.41. The van der Waals surface area contributed by atoms with Crippen LogP contribution >= 0.6 is 0 Å². The number of nitrogens with zero attached hydrogens (tertiary/aromatic N) is 5. The Morgan fingerprint density at radius 2 is 1.53 bits per heavy atom. The summed E-state index contributed by atoms with van der Waals surface area (Å²) in [5.41, 5.74) is 0. The number of sulfonamides is 1. The van der Waals surface area contributed by atoms with Gasteiger partial charge >= 0.3 is 0 Å². The molecule has 1 aromatic heterocycles. The van der Waals surface area contributed by atoms with Crippen LogP contribution in [0.5, 0.6) is 0 Å². The summed E-state index contributed by atoms with van der Waals surface area (Å²) in [4.78, 5) is 14.8. The van der Waals surface area contributed by atoms with Crippen LogP contribution in [0.1, 0.15) is 57.8 Å². The van der Waals surface area contributed by atoms with Gasteiger partial charge in [0.1, 0.15) is 5.82 Å². The van der Waals surface area contributed by atoms with E-state index in [4.69, 9.17) is 4.98 Å². The van der Waals surface area contributed by atoms with Crippen LogP contribution in [-0.4, -0.2) is 78.9 Å². The molecule has 0 amide bonds. The minimum absolute atomic E-state index is 0.304. The lowest BCUT2D eigenvalue weighted by atomic mass is 10.0. The highest BCUT2D eigenvalue weighted by molar-refractivity contribution is 7.89. The van der Waals surface area contributed by atoms with Crippen molar-refractivity contribution in [2.75, 3.05) is 49.5 Å². The molecule has 1 N–H and O–H groups in total. The number of benzene rings is 1. The van der Waals surface area contributed by atoms with E-state index in [2.05, 4.69) is 20.1 Å². The summed E-state index contributed by atoms with van der Waals surface area (Å²) in [5.74, 6) is 1.76. The molecule has 1 aromatic carbocycles. The molecule has 5 rings (SSSR count). The molecule has 8 nitrogen and oxygen atoms in total. The van der Waals surface area contributed by atoms with Crippen LogP contribution in [0.15, 0.2) is 47.5 Å². The van der Waals surface area contributed by atoms with E-state index < -0.39 is 10.0 Å². The SMILES string of the molecule is O=S(=O)(c1ccccc1)N1CCC(N2CCCCC(Nc3nccc(N4CCCCCC4)n3)C2)CC1. The fourth-order valence-electron chi connectivity index (χ4n) is 5.89. The number of hydrogen-bond acceptors (Lipinski definition) is 7. The average molecular weight is 513 g/mol. The molecule has 0 bridgehead atoms. The molecule has 3 aliphatic rings. The van der Waals surface area contributed by atoms with Gasteiger partial charge in [-0.05, 0) is 63.3 Å². The highest BCUT2D eigenvalue weighted by atomic mass is 32.2. The first-order chi connectivity index (χ1) is 17.6. The second-order valence-electron chi connectivity index (χ2n) is 10.4. The maximum absolute atomic E-state index is 13.0. The predicted molar refractivity (Wildman–Crippen MR) is 144 cm³/mol. The first kappa shape index (κ1) is 25.4. The highest BCUT2D eigenvalue weighted by Crippen LogP contribution is 2.26. The molecule has 1 atom stereocenters. The Morgan fingerprint density at radius 1 is 0.806 bits per heavy atom. The van der Waals surface area contributed by atoms with Gasteiger partial charge in [0.05, 0.1) is 4.90 Å². The zero-order chi connectivity index (χ0) is 24.8. The van der Waals surface area contributed by atoms with E-state index >= 15 is 0 Å². The Kier molecular flexibility index (Phi) is 8.39. The number of rotatable bonds is 6. The highest BCUT2D eigenvalue weighted by Gasteiger charge is 2.33. The van der Waals surface area contributed by atoms with Gasteiger partial charge in [-0.1, -0.05) is 37.5 Å². The van der Waals surface area contributed by atoms with Gasteiger partial charge < -0.3 is 10.2 Å². The zero-order valence-corrected chi connectivity index (χ0v) is 22.1. The average Bonchev–Trinajstić information content (AvgIpc) is 3.33.